The van der Waals surface area contributed by atoms with Gasteiger partial charge in [0, 0.05) is 12.8 Å². The lowest BCUT2D eigenvalue weighted by Gasteiger charge is -2.20. The number of hydrogen-bond donors (Lipinski definition) is 3. The topological polar surface area (TPSA) is 149 Å². The number of phosphoric acid groups is 1. The lowest BCUT2D eigenvalue weighted by atomic mass is 10.0. The van der Waals surface area contributed by atoms with Crippen LogP contribution in [0.15, 0.2) is 0 Å². The van der Waals surface area contributed by atoms with E-state index in [4.69, 9.17) is 19.1 Å². The van der Waals surface area contributed by atoms with Crippen molar-refractivity contribution in [2.24, 2.45) is 0 Å². The van der Waals surface area contributed by atoms with Crippen LogP contribution in [-0.2, 0) is 32.7 Å². The number of carbonyl (C=O) groups is 2. The van der Waals surface area contributed by atoms with E-state index in [0.29, 0.717) is 12.8 Å². The highest BCUT2D eigenvalue weighted by atomic mass is 31.2. The quantitative estimate of drug-likeness (QED) is 0.0362. The summed E-state index contributed by atoms with van der Waals surface area (Å²) in [6.45, 7) is 1.98. The Labute approximate surface area is 267 Å². The Morgan fingerprint density at radius 2 is 1.02 bits per heavy atom. The van der Waals surface area contributed by atoms with Crippen LogP contribution in [0.3, 0.4) is 0 Å². The summed E-state index contributed by atoms with van der Waals surface area (Å²) in [5.74, 6) is -0.978. The number of phosphoric ester groups is 1. The number of unbranched alkanes of at least 4 members (excludes halogenated alkanes) is 19. The van der Waals surface area contributed by atoms with E-state index in [-0.39, 0.29) is 19.4 Å². The fourth-order valence-electron chi connectivity index (χ4n) is 4.80. The number of carbonyl (C=O) groups excluding carboxylic acids is 2. The second-order valence-electron chi connectivity index (χ2n) is 11.9. The average molecular weight is 653 g/mol. The number of rotatable bonds is 33. The van der Waals surface area contributed by atoms with Gasteiger partial charge in [0.15, 0.2) is 6.10 Å². The minimum atomic E-state index is -4.58. The van der Waals surface area contributed by atoms with Crippen LogP contribution in [-0.4, -0.2) is 65.7 Å². The standard InChI is InChI=1S/C33H65O10P/c1-3-5-6-7-8-9-10-11-12-13-14-15-16-17-18-19-20-21-22-23-25-33(37)43-31(28-40-32(36)24-4-2)29-42-44(38,39)41-27-30(35)26-34/h30-31,34-35H,3-29H2,1-2H3,(H,38,39). The monoisotopic (exact) mass is 652 g/mol. The van der Waals surface area contributed by atoms with E-state index in [1.807, 2.05) is 6.92 Å². The Morgan fingerprint density at radius 1 is 0.591 bits per heavy atom. The summed E-state index contributed by atoms with van der Waals surface area (Å²) >= 11 is 0. The third-order valence-corrected chi connectivity index (χ3v) is 8.43. The first kappa shape index (κ1) is 43.0. The van der Waals surface area contributed by atoms with Crippen molar-refractivity contribution in [1.29, 1.82) is 0 Å². The number of aliphatic hydroxyl groups is 2. The third-order valence-electron chi connectivity index (χ3n) is 7.48. The molecule has 0 aromatic heterocycles. The van der Waals surface area contributed by atoms with E-state index in [1.165, 1.54) is 103 Å². The third kappa shape index (κ3) is 29.7. The summed E-state index contributed by atoms with van der Waals surface area (Å²) < 4.78 is 31.9. The zero-order valence-corrected chi connectivity index (χ0v) is 28.8. The van der Waals surface area contributed by atoms with Gasteiger partial charge in [-0.25, -0.2) is 4.57 Å². The van der Waals surface area contributed by atoms with E-state index in [1.54, 1.807) is 0 Å². The Bertz CT molecular complexity index is 721. The second kappa shape index (κ2) is 30.6. The Balaban J connectivity index is 3.91. The van der Waals surface area contributed by atoms with Crippen LogP contribution in [0, 0.1) is 0 Å². The maximum atomic E-state index is 12.4. The fourth-order valence-corrected chi connectivity index (χ4v) is 5.58. The van der Waals surface area contributed by atoms with Gasteiger partial charge in [-0.2, -0.15) is 0 Å². The molecule has 0 spiro atoms. The molecule has 44 heavy (non-hydrogen) atoms. The maximum absolute atomic E-state index is 12.4. The van der Waals surface area contributed by atoms with E-state index in [9.17, 15) is 24.2 Å². The molecule has 262 valence electrons. The molecule has 0 radical (unpaired) electrons. The Morgan fingerprint density at radius 3 is 1.45 bits per heavy atom. The summed E-state index contributed by atoms with van der Waals surface area (Å²) in [4.78, 5) is 33.8. The first-order chi connectivity index (χ1) is 21.2. The lowest BCUT2D eigenvalue weighted by Crippen LogP contribution is -2.29. The molecule has 0 heterocycles. The van der Waals surface area contributed by atoms with Crippen molar-refractivity contribution in [3.05, 3.63) is 0 Å². The largest absolute Gasteiger partial charge is 0.472 e. The van der Waals surface area contributed by atoms with Crippen molar-refractivity contribution in [1.82, 2.24) is 0 Å². The van der Waals surface area contributed by atoms with Gasteiger partial charge in [0.05, 0.1) is 19.8 Å². The number of esters is 2. The molecule has 0 aromatic carbocycles. The molecule has 0 fully saturated rings. The Kier molecular flexibility index (Phi) is 29.9. The van der Waals surface area contributed by atoms with Crippen molar-refractivity contribution in [2.75, 3.05) is 26.4 Å². The normalized spacial score (nSPS) is 14.2. The van der Waals surface area contributed by atoms with E-state index in [2.05, 4.69) is 11.4 Å². The molecule has 11 heteroatoms. The van der Waals surface area contributed by atoms with Crippen molar-refractivity contribution in [2.45, 2.75) is 174 Å². The first-order valence-corrected chi connectivity index (χ1v) is 19.0. The lowest BCUT2D eigenvalue weighted by molar-refractivity contribution is -0.161. The SMILES string of the molecule is CCCCCCCCCCCCCCCCCCCCCCC(=O)OC(COC(=O)CCC)COP(=O)(O)OCC(O)CO. The molecule has 0 bridgehead atoms. The molecular formula is C33H65O10P. The van der Waals surface area contributed by atoms with Crippen LogP contribution in [0.25, 0.3) is 0 Å². The van der Waals surface area contributed by atoms with E-state index >= 15 is 0 Å². The van der Waals surface area contributed by atoms with Crippen molar-refractivity contribution in [3.63, 3.8) is 0 Å². The van der Waals surface area contributed by atoms with Crippen LogP contribution in [0.5, 0.6) is 0 Å². The van der Waals surface area contributed by atoms with Crippen LogP contribution in [0.2, 0.25) is 0 Å². The first-order valence-electron chi connectivity index (χ1n) is 17.5. The molecular weight excluding hydrogens is 587 g/mol. The molecule has 10 nitrogen and oxygen atoms in total. The van der Waals surface area contributed by atoms with E-state index < -0.39 is 51.8 Å². The fraction of sp³-hybridized carbons (Fsp3) is 0.939. The smallest absolute Gasteiger partial charge is 0.462 e. The molecule has 0 amide bonds. The highest BCUT2D eigenvalue weighted by Crippen LogP contribution is 2.43. The van der Waals surface area contributed by atoms with Gasteiger partial charge in [0.25, 0.3) is 0 Å². The van der Waals surface area contributed by atoms with Crippen LogP contribution < -0.4 is 0 Å². The van der Waals surface area contributed by atoms with Gasteiger partial charge in [0.2, 0.25) is 0 Å². The summed E-state index contributed by atoms with van der Waals surface area (Å²) in [6.07, 6.45) is 24.1. The molecule has 3 atom stereocenters. The molecule has 0 aromatic rings. The molecule has 0 aliphatic heterocycles. The molecule has 0 rings (SSSR count). The molecule has 3 N–H and O–H groups in total. The zero-order chi connectivity index (χ0) is 32.7. The van der Waals surface area contributed by atoms with Crippen molar-refractivity contribution >= 4 is 19.8 Å². The molecule has 0 aliphatic rings. The minimum Gasteiger partial charge on any atom is -0.462 e. The second-order valence-corrected chi connectivity index (χ2v) is 13.4. The average Bonchev–Trinajstić information content (AvgIpc) is 3.00. The van der Waals surface area contributed by atoms with Gasteiger partial charge in [-0.05, 0) is 12.8 Å². The van der Waals surface area contributed by atoms with Gasteiger partial charge in [-0.1, -0.05) is 136 Å². The van der Waals surface area contributed by atoms with Crippen molar-refractivity contribution in [3.8, 4) is 0 Å². The minimum absolute atomic E-state index is 0.189. The van der Waals surface area contributed by atoms with Crippen LogP contribution in [0.4, 0.5) is 0 Å². The predicted molar refractivity (Wildman–Crippen MR) is 173 cm³/mol. The summed E-state index contributed by atoms with van der Waals surface area (Å²) in [6, 6.07) is 0. The zero-order valence-electron chi connectivity index (χ0n) is 27.9. The Hall–Kier alpha value is -1.03. The maximum Gasteiger partial charge on any atom is 0.472 e. The van der Waals surface area contributed by atoms with Gasteiger partial charge in [0.1, 0.15) is 12.7 Å². The predicted octanol–water partition coefficient (Wildman–Crippen LogP) is 7.94. The van der Waals surface area contributed by atoms with Gasteiger partial charge >= 0.3 is 19.8 Å². The summed E-state index contributed by atoms with van der Waals surface area (Å²) in [5.41, 5.74) is 0. The molecule has 3 unspecified atom stereocenters. The molecule has 0 saturated carbocycles. The van der Waals surface area contributed by atoms with E-state index in [0.717, 1.165) is 19.3 Å². The summed E-state index contributed by atoms with van der Waals surface area (Å²) in [5, 5.41) is 18.1. The number of ether oxygens (including phenoxy) is 2. The van der Waals surface area contributed by atoms with Gasteiger partial charge in [-0.3, -0.25) is 18.6 Å². The number of aliphatic hydroxyl groups excluding tert-OH is 2. The molecule has 0 saturated heterocycles. The highest BCUT2D eigenvalue weighted by molar-refractivity contribution is 7.47. The van der Waals surface area contributed by atoms with Crippen molar-refractivity contribution < 1.29 is 47.8 Å². The number of hydrogen-bond acceptors (Lipinski definition) is 9. The highest BCUT2D eigenvalue weighted by Gasteiger charge is 2.27. The summed E-state index contributed by atoms with van der Waals surface area (Å²) in [7, 11) is -4.58. The van der Waals surface area contributed by atoms with Crippen LogP contribution in [0.1, 0.15) is 162 Å². The van der Waals surface area contributed by atoms with Crippen LogP contribution >= 0.6 is 7.82 Å². The van der Waals surface area contributed by atoms with Gasteiger partial charge < -0.3 is 24.6 Å². The van der Waals surface area contributed by atoms with Gasteiger partial charge in [-0.15, -0.1) is 0 Å². The molecule has 0 aliphatic carbocycles.